The number of amides is 2. The lowest BCUT2D eigenvalue weighted by atomic mass is 9.86. The van der Waals surface area contributed by atoms with Gasteiger partial charge in [0.2, 0.25) is 0 Å². The molecule has 4 nitrogen and oxygen atoms in total. The molecule has 2 amide bonds. The van der Waals surface area contributed by atoms with E-state index >= 15 is 0 Å². The van der Waals surface area contributed by atoms with Crippen LogP contribution in [-0.4, -0.2) is 23.3 Å². The molecule has 0 unspecified atom stereocenters. The largest absolute Gasteiger partial charge is 0.394 e. The van der Waals surface area contributed by atoms with Crippen molar-refractivity contribution in [2.75, 3.05) is 11.9 Å². The highest BCUT2D eigenvalue weighted by molar-refractivity contribution is 5.90. The Kier molecular flexibility index (Phi) is 5.78. The Labute approximate surface area is 128 Å². The maximum absolute atomic E-state index is 12.2. The fraction of sp³-hybridized carbons (Fsp3) is 0.588. The van der Waals surface area contributed by atoms with Crippen LogP contribution in [0.15, 0.2) is 24.3 Å². The summed E-state index contributed by atoms with van der Waals surface area (Å²) in [7, 11) is 0. The quantitative estimate of drug-likeness (QED) is 0.775. The van der Waals surface area contributed by atoms with Crippen molar-refractivity contribution in [3.05, 3.63) is 29.8 Å². The van der Waals surface area contributed by atoms with E-state index in [1.54, 1.807) is 0 Å². The van der Waals surface area contributed by atoms with E-state index in [4.69, 9.17) is 0 Å². The molecule has 3 N–H and O–H groups in total. The SMILES string of the molecule is CCC[C@@](C)(CO)NC(=O)Nc1ccccc1C(C)(C)C. The van der Waals surface area contributed by atoms with Crippen molar-refractivity contribution in [2.45, 2.75) is 58.4 Å². The van der Waals surface area contributed by atoms with Gasteiger partial charge in [-0.05, 0) is 30.4 Å². The van der Waals surface area contributed by atoms with Gasteiger partial charge in [-0.3, -0.25) is 0 Å². The summed E-state index contributed by atoms with van der Waals surface area (Å²) < 4.78 is 0. The minimum atomic E-state index is -0.588. The first-order valence-corrected chi connectivity index (χ1v) is 7.51. The van der Waals surface area contributed by atoms with E-state index in [-0.39, 0.29) is 18.1 Å². The molecule has 0 bridgehead atoms. The molecule has 0 aliphatic carbocycles. The Balaban J connectivity index is 2.85. The predicted molar refractivity (Wildman–Crippen MR) is 87.7 cm³/mol. The summed E-state index contributed by atoms with van der Waals surface area (Å²) >= 11 is 0. The third-order valence-corrected chi connectivity index (χ3v) is 3.55. The molecule has 4 heteroatoms. The molecule has 1 aromatic rings. The predicted octanol–water partition coefficient (Wildman–Crippen LogP) is 3.66. The van der Waals surface area contributed by atoms with Gasteiger partial charge in [0.05, 0.1) is 12.1 Å². The zero-order valence-corrected chi connectivity index (χ0v) is 13.8. The highest BCUT2D eigenvalue weighted by Crippen LogP contribution is 2.29. The number of para-hydroxylation sites is 1. The van der Waals surface area contributed by atoms with Crippen molar-refractivity contribution >= 4 is 11.7 Å². The zero-order chi connectivity index (χ0) is 16.1. The minimum absolute atomic E-state index is 0.0480. The number of hydrogen-bond donors (Lipinski definition) is 3. The summed E-state index contributed by atoms with van der Waals surface area (Å²) in [4.78, 5) is 12.2. The fourth-order valence-electron chi connectivity index (χ4n) is 2.41. The Morgan fingerprint density at radius 2 is 1.81 bits per heavy atom. The Morgan fingerprint density at radius 3 is 2.33 bits per heavy atom. The molecule has 1 aromatic carbocycles. The van der Waals surface area contributed by atoms with Gasteiger partial charge < -0.3 is 15.7 Å². The van der Waals surface area contributed by atoms with Crippen LogP contribution in [0.3, 0.4) is 0 Å². The maximum atomic E-state index is 12.2. The van der Waals surface area contributed by atoms with E-state index in [2.05, 4.69) is 31.4 Å². The van der Waals surface area contributed by atoms with E-state index < -0.39 is 5.54 Å². The summed E-state index contributed by atoms with van der Waals surface area (Å²) in [6.45, 7) is 10.1. The fourth-order valence-corrected chi connectivity index (χ4v) is 2.41. The topological polar surface area (TPSA) is 61.4 Å². The first kappa shape index (κ1) is 17.5. The van der Waals surface area contributed by atoms with Gasteiger partial charge in [0.15, 0.2) is 0 Å². The summed E-state index contributed by atoms with van der Waals surface area (Å²) in [6, 6.07) is 7.51. The molecule has 1 rings (SSSR count). The highest BCUT2D eigenvalue weighted by Gasteiger charge is 2.25. The first-order chi connectivity index (χ1) is 9.72. The molecule has 0 aliphatic rings. The van der Waals surface area contributed by atoms with E-state index in [9.17, 15) is 9.90 Å². The number of urea groups is 1. The number of hydrogen-bond acceptors (Lipinski definition) is 2. The zero-order valence-electron chi connectivity index (χ0n) is 13.8. The highest BCUT2D eigenvalue weighted by atomic mass is 16.3. The average Bonchev–Trinajstić information content (AvgIpc) is 2.38. The number of nitrogens with one attached hydrogen (secondary N) is 2. The molecule has 21 heavy (non-hydrogen) atoms. The molecule has 0 saturated heterocycles. The Morgan fingerprint density at radius 1 is 1.19 bits per heavy atom. The van der Waals surface area contributed by atoms with Gasteiger partial charge in [-0.2, -0.15) is 0 Å². The van der Waals surface area contributed by atoms with Crippen molar-refractivity contribution in [3.8, 4) is 0 Å². The number of rotatable bonds is 5. The third-order valence-electron chi connectivity index (χ3n) is 3.55. The molecule has 0 fully saturated rings. The van der Waals surface area contributed by atoms with Crippen LogP contribution in [0.1, 0.15) is 53.0 Å². The number of benzene rings is 1. The molecular weight excluding hydrogens is 264 g/mol. The maximum Gasteiger partial charge on any atom is 0.319 e. The van der Waals surface area contributed by atoms with Crippen molar-refractivity contribution in [2.24, 2.45) is 0 Å². The molecule has 0 saturated carbocycles. The van der Waals surface area contributed by atoms with Crippen LogP contribution >= 0.6 is 0 Å². The molecule has 0 heterocycles. The monoisotopic (exact) mass is 292 g/mol. The lowest BCUT2D eigenvalue weighted by Gasteiger charge is -2.29. The smallest absolute Gasteiger partial charge is 0.319 e. The molecule has 0 spiro atoms. The van der Waals surface area contributed by atoms with Crippen LogP contribution in [0, 0.1) is 0 Å². The van der Waals surface area contributed by atoms with Gasteiger partial charge in [-0.1, -0.05) is 52.3 Å². The average molecular weight is 292 g/mol. The lowest BCUT2D eigenvalue weighted by Crippen LogP contribution is -2.50. The third kappa shape index (κ3) is 5.05. The van der Waals surface area contributed by atoms with Gasteiger partial charge in [0.25, 0.3) is 0 Å². The molecule has 0 aliphatic heterocycles. The van der Waals surface area contributed by atoms with Gasteiger partial charge in [0.1, 0.15) is 0 Å². The van der Waals surface area contributed by atoms with Crippen molar-refractivity contribution in [1.29, 1.82) is 0 Å². The second-order valence-corrected chi connectivity index (χ2v) is 6.84. The van der Waals surface area contributed by atoms with Gasteiger partial charge in [0, 0.05) is 5.69 Å². The second-order valence-electron chi connectivity index (χ2n) is 6.84. The van der Waals surface area contributed by atoms with Gasteiger partial charge >= 0.3 is 6.03 Å². The molecule has 1 atom stereocenters. The lowest BCUT2D eigenvalue weighted by molar-refractivity contribution is 0.167. The van der Waals surface area contributed by atoms with Crippen LogP contribution in [-0.2, 0) is 5.41 Å². The number of anilines is 1. The molecule has 0 radical (unpaired) electrons. The summed E-state index contributed by atoms with van der Waals surface area (Å²) in [6.07, 6.45) is 1.63. The van der Waals surface area contributed by atoms with Crippen LogP contribution < -0.4 is 10.6 Å². The first-order valence-electron chi connectivity index (χ1n) is 7.51. The minimum Gasteiger partial charge on any atom is -0.394 e. The Hall–Kier alpha value is -1.55. The summed E-state index contributed by atoms with van der Waals surface area (Å²) in [5.74, 6) is 0. The normalized spacial score (nSPS) is 14.4. The van der Waals surface area contributed by atoms with Crippen LogP contribution in [0.5, 0.6) is 0 Å². The van der Waals surface area contributed by atoms with Crippen LogP contribution in [0.4, 0.5) is 10.5 Å². The van der Waals surface area contributed by atoms with E-state index in [1.807, 2.05) is 38.1 Å². The van der Waals surface area contributed by atoms with Crippen LogP contribution in [0.2, 0.25) is 0 Å². The summed E-state index contributed by atoms with van der Waals surface area (Å²) in [5, 5.41) is 15.2. The number of carbonyl (C=O) groups excluding carboxylic acids is 1. The van der Waals surface area contributed by atoms with E-state index in [1.165, 1.54) is 0 Å². The number of aliphatic hydroxyl groups excluding tert-OH is 1. The number of aliphatic hydroxyl groups is 1. The van der Waals surface area contributed by atoms with Crippen molar-refractivity contribution < 1.29 is 9.90 Å². The standard InChI is InChI=1S/C17H28N2O2/c1-6-11-17(5,12-20)19-15(21)18-14-10-8-7-9-13(14)16(2,3)4/h7-10,20H,6,11-12H2,1-5H3,(H2,18,19,21)/t17-/m0/s1. The number of carbonyl (C=O) groups is 1. The molecule has 118 valence electrons. The summed E-state index contributed by atoms with van der Waals surface area (Å²) in [5.41, 5.74) is 1.25. The Bertz CT molecular complexity index is 480. The van der Waals surface area contributed by atoms with E-state index in [0.717, 1.165) is 24.1 Å². The second kappa shape index (κ2) is 6.94. The van der Waals surface area contributed by atoms with E-state index in [0.29, 0.717) is 0 Å². The van der Waals surface area contributed by atoms with Gasteiger partial charge in [-0.15, -0.1) is 0 Å². The van der Waals surface area contributed by atoms with Crippen molar-refractivity contribution in [1.82, 2.24) is 5.32 Å². The molecule has 0 aromatic heterocycles. The molecular formula is C17H28N2O2. The van der Waals surface area contributed by atoms with Crippen molar-refractivity contribution in [3.63, 3.8) is 0 Å². The van der Waals surface area contributed by atoms with Crippen LogP contribution in [0.25, 0.3) is 0 Å². The van der Waals surface area contributed by atoms with Gasteiger partial charge in [-0.25, -0.2) is 4.79 Å².